The summed E-state index contributed by atoms with van der Waals surface area (Å²) in [4.78, 5) is 41.4. The van der Waals surface area contributed by atoms with Gasteiger partial charge in [-0.15, -0.1) is 0 Å². The van der Waals surface area contributed by atoms with Gasteiger partial charge in [-0.1, -0.05) is 6.07 Å². The van der Waals surface area contributed by atoms with Gasteiger partial charge in [0.25, 0.3) is 11.5 Å². The van der Waals surface area contributed by atoms with Crippen molar-refractivity contribution in [2.45, 2.75) is 20.0 Å². The Bertz CT molecular complexity index is 740. The maximum atomic E-state index is 12.0. The van der Waals surface area contributed by atoms with E-state index in [1.54, 1.807) is 30.6 Å². The van der Waals surface area contributed by atoms with E-state index in [-0.39, 0.29) is 5.69 Å². The molecular formula is C15H15N3O4. The van der Waals surface area contributed by atoms with Gasteiger partial charge in [-0.05, 0) is 19.1 Å². The molecule has 0 saturated heterocycles. The molecule has 2 rings (SSSR count). The summed E-state index contributed by atoms with van der Waals surface area (Å²) in [6, 6.07) is 5.15. The number of hydrogen-bond donors (Lipinski definition) is 2. The molecule has 1 atom stereocenters. The Hall–Kier alpha value is -2.96. The molecule has 114 valence electrons. The van der Waals surface area contributed by atoms with E-state index in [0.717, 1.165) is 0 Å². The number of hydrogen-bond acceptors (Lipinski definition) is 5. The monoisotopic (exact) mass is 301 g/mol. The van der Waals surface area contributed by atoms with Crippen molar-refractivity contribution in [1.82, 2.24) is 9.97 Å². The highest BCUT2D eigenvalue weighted by atomic mass is 16.5. The lowest BCUT2D eigenvalue weighted by atomic mass is 10.1. The number of nitrogens with zero attached hydrogens (tertiary/aromatic N) is 1. The van der Waals surface area contributed by atoms with Crippen LogP contribution in [0.2, 0.25) is 0 Å². The second kappa shape index (κ2) is 6.66. The Morgan fingerprint density at radius 2 is 2.14 bits per heavy atom. The molecule has 0 spiro atoms. The maximum Gasteiger partial charge on any atom is 0.303 e. The summed E-state index contributed by atoms with van der Waals surface area (Å²) in [5.74, 6) is -1.16. The highest BCUT2D eigenvalue weighted by Crippen LogP contribution is 2.23. The van der Waals surface area contributed by atoms with Crippen LogP contribution in [0.5, 0.6) is 0 Å². The quantitative estimate of drug-likeness (QED) is 0.830. The van der Waals surface area contributed by atoms with Gasteiger partial charge in [0.15, 0.2) is 6.10 Å². The largest absolute Gasteiger partial charge is 0.453 e. The van der Waals surface area contributed by atoms with E-state index in [1.165, 1.54) is 20.0 Å². The third-order valence-electron chi connectivity index (χ3n) is 2.89. The number of aromatic nitrogens is 2. The first kappa shape index (κ1) is 15.4. The molecule has 0 aliphatic rings. The summed E-state index contributed by atoms with van der Waals surface area (Å²) in [7, 11) is 0. The van der Waals surface area contributed by atoms with Gasteiger partial charge in [-0.3, -0.25) is 19.4 Å². The topological polar surface area (TPSA) is 101 Å². The molecule has 0 aromatic carbocycles. The molecule has 2 heterocycles. The number of ether oxygens (including phenoxy) is 1. The van der Waals surface area contributed by atoms with Gasteiger partial charge < -0.3 is 15.0 Å². The van der Waals surface area contributed by atoms with E-state index in [2.05, 4.69) is 15.3 Å². The Kier molecular flexibility index (Phi) is 4.67. The molecule has 2 aromatic rings. The van der Waals surface area contributed by atoms with Gasteiger partial charge >= 0.3 is 5.97 Å². The highest BCUT2D eigenvalue weighted by Gasteiger charge is 2.19. The van der Waals surface area contributed by atoms with Gasteiger partial charge in [0.05, 0.1) is 0 Å². The highest BCUT2D eigenvalue weighted by molar-refractivity contribution is 5.98. The van der Waals surface area contributed by atoms with Crippen LogP contribution in [-0.4, -0.2) is 27.9 Å². The molecule has 7 heteroatoms. The van der Waals surface area contributed by atoms with Crippen LogP contribution in [-0.2, 0) is 14.3 Å². The van der Waals surface area contributed by atoms with Gasteiger partial charge in [-0.2, -0.15) is 0 Å². The number of amides is 1. The average Bonchev–Trinajstić information content (AvgIpc) is 2.49. The Labute approximate surface area is 126 Å². The third-order valence-corrected chi connectivity index (χ3v) is 2.89. The molecule has 1 amide bonds. The standard InChI is InChI=1S/C15H15N3O4/c1-9(22-10(2)19)14(20)18-13-12(5-7-17-15(13)21)11-4-3-6-16-8-11/h3-9H,1-2H3,(H,17,21)(H,18,20). The van der Waals surface area contributed by atoms with Crippen LogP contribution < -0.4 is 10.9 Å². The van der Waals surface area contributed by atoms with E-state index in [9.17, 15) is 14.4 Å². The van der Waals surface area contributed by atoms with E-state index in [1.807, 2.05) is 0 Å². The zero-order valence-electron chi connectivity index (χ0n) is 12.1. The van der Waals surface area contributed by atoms with Crippen molar-refractivity contribution in [2.24, 2.45) is 0 Å². The fourth-order valence-corrected chi connectivity index (χ4v) is 1.89. The minimum Gasteiger partial charge on any atom is -0.453 e. The van der Waals surface area contributed by atoms with E-state index < -0.39 is 23.5 Å². The zero-order valence-corrected chi connectivity index (χ0v) is 12.1. The molecule has 2 N–H and O–H groups in total. The minimum atomic E-state index is -1.00. The minimum absolute atomic E-state index is 0.0829. The van der Waals surface area contributed by atoms with E-state index >= 15 is 0 Å². The van der Waals surface area contributed by atoms with Gasteiger partial charge in [0.1, 0.15) is 5.69 Å². The number of carbonyl (C=O) groups is 2. The molecule has 0 saturated carbocycles. The molecule has 0 radical (unpaired) electrons. The molecule has 0 aliphatic heterocycles. The van der Waals surface area contributed by atoms with Crippen LogP contribution in [0.3, 0.4) is 0 Å². The van der Waals surface area contributed by atoms with E-state index in [0.29, 0.717) is 11.1 Å². The number of pyridine rings is 2. The summed E-state index contributed by atoms with van der Waals surface area (Å²) < 4.78 is 4.79. The van der Waals surface area contributed by atoms with Crippen LogP contribution in [0.4, 0.5) is 5.69 Å². The van der Waals surface area contributed by atoms with Gasteiger partial charge in [0.2, 0.25) is 0 Å². The third kappa shape index (κ3) is 3.57. The van der Waals surface area contributed by atoms with Crippen LogP contribution in [0.15, 0.2) is 41.6 Å². The molecule has 0 fully saturated rings. The van der Waals surface area contributed by atoms with Crippen molar-refractivity contribution < 1.29 is 14.3 Å². The smallest absolute Gasteiger partial charge is 0.303 e. The predicted octanol–water partition coefficient (Wildman–Crippen LogP) is 1.33. The molecule has 2 aromatic heterocycles. The van der Waals surface area contributed by atoms with E-state index in [4.69, 9.17) is 4.74 Å². The average molecular weight is 301 g/mol. The SMILES string of the molecule is CC(=O)OC(C)C(=O)Nc1c(-c2cccnc2)cc[nH]c1=O. The lowest BCUT2D eigenvalue weighted by Crippen LogP contribution is -2.31. The Balaban J connectivity index is 2.33. The molecule has 0 aliphatic carbocycles. The van der Waals surface area contributed by atoms with Crippen molar-refractivity contribution in [3.05, 3.63) is 47.1 Å². The maximum absolute atomic E-state index is 12.0. The predicted molar refractivity (Wildman–Crippen MR) is 80.2 cm³/mol. The number of esters is 1. The van der Waals surface area contributed by atoms with Gasteiger partial charge in [-0.25, -0.2) is 0 Å². The second-order valence-electron chi connectivity index (χ2n) is 4.58. The lowest BCUT2D eigenvalue weighted by molar-refractivity contribution is -0.150. The van der Waals surface area contributed by atoms with Crippen molar-refractivity contribution in [1.29, 1.82) is 0 Å². The summed E-state index contributed by atoms with van der Waals surface area (Å²) in [6.45, 7) is 2.64. The summed E-state index contributed by atoms with van der Waals surface area (Å²) in [5, 5.41) is 2.49. The van der Waals surface area contributed by atoms with Crippen LogP contribution in [0, 0.1) is 0 Å². The summed E-state index contributed by atoms with van der Waals surface area (Å²) in [6.07, 6.45) is 3.67. The van der Waals surface area contributed by atoms with Crippen molar-refractivity contribution in [3.63, 3.8) is 0 Å². The number of nitrogens with one attached hydrogen (secondary N) is 2. The first-order valence-corrected chi connectivity index (χ1v) is 6.59. The van der Waals surface area contributed by atoms with Crippen molar-refractivity contribution >= 4 is 17.6 Å². The number of aromatic amines is 1. The number of carbonyl (C=O) groups excluding carboxylic acids is 2. The molecule has 22 heavy (non-hydrogen) atoms. The van der Waals surface area contributed by atoms with Crippen molar-refractivity contribution in [2.75, 3.05) is 5.32 Å². The fraction of sp³-hybridized carbons (Fsp3) is 0.200. The zero-order chi connectivity index (χ0) is 16.1. The van der Waals surface area contributed by atoms with Gasteiger partial charge in [0, 0.05) is 36.6 Å². The molecular weight excluding hydrogens is 286 g/mol. The lowest BCUT2D eigenvalue weighted by Gasteiger charge is -2.14. The summed E-state index contributed by atoms with van der Waals surface area (Å²) in [5.41, 5.74) is 0.841. The van der Waals surface area contributed by atoms with Crippen LogP contribution in [0.25, 0.3) is 11.1 Å². The first-order chi connectivity index (χ1) is 10.5. The summed E-state index contributed by atoms with van der Waals surface area (Å²) >= 11 is 0. The fourth-order valence-electron chi connectivity index (χ4n) is 1.89. The number of anilines is 1. The number of H-pyrrole nitrogens is 1. The Morgan fingerprint density at radius 1 is 1.36 bits per heavy atom. The molecule has 0 bridgehead atoms. The molecule has 7 nitrogen and oxygen atoms in total. The van der Waals surface area contributed by atoms with Crippen molar-refractivity contribution in [3.8, 4) is 11.1 Å². The Morgan fingerprint density at radius 3 is 2.77 bits per heavy atom. The number of rotatable bonds is 4. The molecule has 1 unspecified atom stereocenters. The second-order valence-corrected chi connectivity index (χ2v) is 4.58. The normalized spacial score (nSPS) is 11.5. The van der Waals surface area contributed by atoms with Crippen LogP contribution >= 0.6 is 0 Å². The van der Waals surface area contributed by atoms with Crippen LogP contribution in [0.1, 0.15) is 13.8 Å². The first-order valence-electron chi connectivity index (χ1n) is 6.59.